The van der Waals surface area contributed by atoms with Crippen LogP contribution in [0.5, 0.6) is 0 Å². The molecule has 3 rings (SSSR count). The fraction of sp³-hybridized carbons (Fsp3) is 0.714. The predicted octanol–water partition coefficient (Wildman–Crippen LogP) is 0.647. The standard InChI is InChI=1S/C14H20N2O4/c17-13-11(15-6-8-20-9-7-15)12(14(13)18)16(19)10-4-2-1-3-5-10/h10,19H,1-9H2. The van der Waals surface area contributed by atoms with Gasteiger partial charge in [0.2, 0.25) is 0 Å². The molecule has 1 aliphatic carbocycles. The Kier molecular flexibility index (Phi) is 3.76. The van der Waals surface area contributed by atoms with E-state index in [0.29, 0.717) is 32.0 Å². The molecule has 0 radical (unpaired) electrons. The number of rotatable bonds is 3. The Bertz CT molecular complexity index is 538. The molecular weight excluding hydrogens is 260 g/mol. The molecule has 0 atom stereocenters. The van der Waals surface area contributed by atoms with Gasteiger partial charge in [-0.1, -0.05) is 19.3 Å². The molecule has 6 heteroatoms. The fourth-order valence-corrected chi connectivity index (χ4v) is 3.17. The molecule has 6 nitrogen and oxygen atoms in total. The van der Waals surface area contributed by atoms with Gasteiger partial charge in [0, 0.05) is 13.1 Å². The van der Waals surface area contributed by atoms with Crippen LogP contribution in [0, 0.1) is 0 Å². The molecule has 1 N–H and O–H groups in total. The van der Waals surface area contributed by atoms with E-state index < -0.39 is 10.9 Å². The molecule has 110 valence electrons. The minimum absolute atomic E-state index is 0.0353. The summed E-state index contributed by atoms with van der Waals surface area (Å²) in [5, 5.41) is 11.4. The van der Waals surface area contributed by atoms with Crippen molar-refractivity contribution in [2.45, 2.75) is 38.1 Å². The summed E-state index contributed by atoms with van der Waals surface area (Å²) >= 11 is 0. The minimum atomic E-state index is -0.556. The van der Waals surface area contributed by atoms with Crippen LogP contribution in [0.2, 0.25) is 0 Å². The molecule has 1 aliphatic heterocycles. The summed E-state index contributed by atoms with van der Waals surface area (Å²) in [4.78, 5) is 25.5. The highest BCUT2D eigenvalue weighted by molar-refractivity contribution is 5.75. The smallest absolute Gasteiger partial charge is 0.255 e. The van der Waals surface area contributed by atoms with Crippen LogP contribution in [0.1, 0.15) is 32.1 Å². The second-order valence-electron chi connectivity index (χ2n) is 5.59. The highest BCUT2D eigenvalue weighted by Gasteiger charge is 2.33. The molecule has 0 unspecified atom stereocenters. The number of hydrogen-bond donors (Lipinski definition) is 1. The normalized spacial score (nSPS) is 21.4. The SMILES string of the molecule is O=c1c(N2CCOCC2)c(N(O)C2CCCCC2)c1=O. The van der Waals surface area contributed by atoms with Gasteiger partial charge in [-0.05, 0) is 12.8 Å². The number of hydroxylamine groups is 1. The van der Waals surface area contributed by atoms with E-state index >= 15 is 0 Å². The average molecular weight is 280 g/mol. The molecule has 2 fully saturated rings. The monoisotopic (exact) mass is 280 g/mol. The van der Waals surface area contributed by atoms with Crippen molar-refractivity contribution in [2.24, 2.45) is 0 Å². The Labute approximate surface area is 117 Å². The van der Waals surface area contributed by atoms with Crippen LogP contribution in [-0.2, 0) is 4.74 Å². The van der Waals surface area contributed by atoms with Gasteiger partial charge in [-0.25, -0.2) is 5.06 Å². The van der Waals surface area contributed by atoms with Crippen LogP contribution >= 0.6 is 0 Å². The van der Waals surface area contributed by atoms with Gasteiger partial charge in [0.15, 0.2) is 0 Å². The van der Waals surface area contributed by atoms with Crippen molar-refractivity contribution < 1.29 is 9.94 Å². The Hall–Kier alpha value is -1.40. The lowest BCUT2D eigenvalue weighted by Crippen LogP contribution is -2.50. The summed E-state index contributed by atoms with van der Waals surface area (Å²) in [6.07, 6.45) is 5.04. The van der Waals surface area contributed by atoms with Gasteiger partial charge >= 0.3 is 0 Å². The second-order valence-corrected chi connectivity index (χ2v) is 5.59. The molecule has 1 saturated carbocycles. The Morgan fingerprint density at radius 1 is 1.05 bits per heavy atom. The second kappa shape index (κ2) is 5.54. The van der Waals surface area contributed by atoms with Crippen LogP contribution in [0.4, 0.5) is 11.4 Å². The van der Waals surface area contributed by atoms with Gasteiger partial charge in [0.25, 0.3) is 10.9 Å². The summed E-state index contributed by atoms with van der Waals surface area (Å²) in [6.45, 7) is 2.28. The van der Waals surface area contributed by atoms with Gasteiger partial charge < -0.3 is 9.64 Å². The maximum Gasteiger partial charge on any atom is 0.255 e. The van der Waals surface area contributed by atoms with Gasteiger partial charge in [0.05, 0.1) is 19.3 Å². The van der Waals surface area contributed by atoms with E-state index in [-0.39, 0.29) is 11.7 Å². The molecule has 20 heavy (non-hydrogen) atoms. The van der Waals surface area contributed by atoms with Crippen molar-refractivity contribution >= 4 is 11.4 Å². The summed E-state index contributed by atoms with van der Waals surface area (Å²) in [5.41, 5.74) is -0.452. The number of nitrogens with zero attached hydrogens (tertiary/aromatic N) is 2. The summed E-state index contributed by atoms with van der Waals surface area (Å²) < 4.78 is 5.26. The van der Waals surface area contributed by atoms with E-state index in [9.17, 15) is 14.8 Å². The lowest BCUT2D eigenvalue weighted by Gasteiger charge is -2.36. The largest absolute Gasteiger partial charge is 0.378 e. The number of anilines is 2. The van der Waals surface area contributed by atoms with Crippen LogP contribution in [0.3, 0.4) is 0 Å². The molecule has 0 amide bonds. The van der Waals surface area contributed by atoms with Crippen LogP contribution < -0.4 is 20.8 Å². The zero-order valence-electron chi connectivity index (χ0n) is 11.5. The predicted molar refractivity (Wildman–Crippen MR) is 75.5 cm³/mol. The molecular formula is C14H20N2O4. The maximum absolute atomic E-state index is 11.8. The zero-order chi connectivity index (χ0) is 14.1. The van der Waals surface area contributed by atoms with Crippen LogP contribution in [0.25, 0.3) is 0 Å². The van der Waals surface area contributed by atoms with Crippen molar-refractivity contribution in [1.29, 1.82) is 0 Å². The summed E-state index contributed by atoms with van der Waals surface area (Å²) in [5.74, 6) is 0. The van der Waals surface area contributed by atoms with E-state index in [2.05, 4.69) is 0 Å². The molecule has 2 aliphatic rings. The third-order valence-electron chi connectivity index (χ3n) is 4.34. The first-order chi connectivity index (χ1) is 9.70. The number of morpholine rings is 1. The first-order valence-corrected chi connectivity index (χ1v) is 7.34. The third kappa shape index (κ3) is 2.23. The molecule has 1 saturated heterocycles. The Morgan fingerprint density at radius 3 is 2.35 bits per heavy atom. The lowest BCUT2D eigenvalue weighted by molar-refractivity contribution is 0.122. The van der Waals surface area contributed by atoms with Crippen molar-refractivity contribution in [1.82, 2.24) is 0 Å². The molecule has 0 bridgehead atoms. The van der Waals surface area contributed by atoms with E-state index in [4.69, 9.17) is 4.74 Å². The summed E-state index contributed by atoms with van der Waals surface area (Å²) in [7, 11) is 0. The van der Waals surface area contributed by atoms with Gasteiger partial charge in [-0.2, -0.15) is 0 Å². The van der Waals surface area contributed by atoms with Crippen molar-refractivity contribution in [3.05, 3.63) is 20.4 Å². The van der Waals surface area contributed by atoms with Crippen molar-refractivity contribution in [3.8, 4) is 0 Å². The van der Waals surface area contributed by atoms with Crippen molar-refractivity contribution in [3.63, 3.8) is 0 Å². The van der Waals surface area contributed by atoms with Gasteiger partial charge in [-0.15, -0.1) is 0 Å². The maximum atomic E-state index is 11.8. The topological polar surface area (TPSA) is 70.1 Å². The lowest BCUT2D eigenvalue weighted by atomic mass is 9.94. The third-order valence-corrected chi connectivity index (χ3v) is 4.34. The summed E-state index contributed by atoms with van der Waals surface area (Å²) in [6, 6.07) is -0.0353. The van der Waals surface area contributed by atoms with Crippen LogP contribution in [-0.4, -0.2) is 37.6 Å². The first-order valence-electron chi connectivity index (χ1n) is 7.34. The number of ether oxygens (including phenoxy) is 1. The highest BCUT2D eigenvalue weighted by Crippen LogP contribution is 2.30. The van der Waals surface area contributed by atoms with E-state index in [1.807, 2.05) is 4.90 Å². The zero-order valence-corrected chi connectivity index (χ0v) is 11.5. The quantitative estimate of drug-likeness (QED) is 0.647. The Balaban J connectivity index is 1.83. The average Bonchev–Trinajstić information content (AvgIpc) is 2.52. The minimum Gasteiger partial charge on any atom is -0.378 e. The fourth-order valence-electron chi connectivity index (χ4n) is 3.17. The van der Waals surface area contributed by atoms with Crippen molar-refractivity contribution in [2.75, 3.05) is 36.3 Å². The molecule has 1 heterocycles. The molecule has 1 aromatic rings. The Morgan fingerprint density at radius 2 is 1.70 bits per heavy atom. The highest BCUT2D eigenvalue weighted by atomic mass is 16.5. The van der Waals surface area contributed by atoms with E-state index in [0.717, 1.165) is 30.7 Å². The van der Waals surface area contributed by atoms with E-state index in [1.165, 1.54) is 6.42 Å². The molecule has 1 aromatic carbocycles. The van der Waals surface area contributed by atoms with Crippen LogP contribution in [0.15, 0.2) is 9.59 Å². The number of hydrogen-bond acceptors (Lipinski definition) is 6. The molecule has 0 spiro atoms. The first kappa shape index (κ1) is 13.6. The van der Waals surface area contributed by atoms with E-state index in [1.54, 1.807) is 0 Å². The molecule has 0 aromatic heterocycles. The van der Waals surface area contributed by atoms with Gasteiger partial charge in [-0.3, -0.25) is 14.8 Å². The van der Waals surface area contributed by atoms with Gasteiger partial charge in [0.1, 0.15) is 11.4 Å².